The topological polar surface area (TPSA) is 124 Å². The van der Waals surface area contributed by atoms with Crippen molar-refractivity contribution in [3.05, 3.63) is 59.9 Å². The number of Topliss-reactive ketones (excluding diaryl/α,β-unsaturated/α-hetero) is 1. The Kier molecular flexibility index (Phi) is 5.19. The highest BCUT2D eigenvalue weighted by molar-refractivity contribution is 6.09. The number of aromatic amines is 1. The third kappa shape index (κ3) is 3.93. The molecule has 2 aliphatic rings. The number of nitrogens with zero attached hydrogens (tertiary/aromatic N) is 1. The van der Waals surface area contributed by atoms with Gasteiger partial charge in [-0.15, -0.1) is 0 Å². The van der Waals surface area contributed by atoms with Crippen LogP contribution in [0, 0.1) is 11.3 Å². The second kappa shape index (κ2) is 8.09. The van der Waals surface area contributed by atoms with Crippen molar-refractivity contribution < 1.29 is 23.9 Å². The van der Waals surface area contributed by atoms with Gasteiger partial charge in [-0.05, 0) is 37.6 Å². The molecule has 34 heavy (non-hydrogen) atoms. The van der Waals surface area contributed by atoms with Crippen LogP contribution in [-0.2, 0) is 16.0 Å². The zero-order valence-electron chi connectivity index (χ0n) is 18.4. The molecule has 1 amide bonds. The Balaban J connectivity index is 1.57. The zero-order chi connectivity index (χ0) is 24.0. The summed E-state index contributed by atoms with van der Waals surface area (Å²) in [6, 6.07) is 12.7. The van der Waals surface area contributed by atoms with Gasteiger partial charge in [0.15, 0.2) is 5.78 Å². The number of aliphatic carboxylic acids is 1. The average molecular weight is 462 g/mol. The number of H-pyrrole nitrogens is 1. The lowest BCUT2D eigenvalue weighted by Crippen LogP contribution is -2.36. The Labute approximate surface area is 194 Å². The Morgan fingerprint density at radius 1 is 1.21 bits per heavy atom. The number of hydrogen-bond acceptors (Lipinski definition) is 5. The fourth-order valence-corrected chi connectivity index (χ4v) is 4.35. The van der Waals surface area contributed by atoms with E-state index in [0.29, 0.717) is 28.2 Å². The Morgan fingerprint density at radius 3 is 2.62 bits per heavy atom. The Bertz CT molecular complexity index is 1310. The average Bonchev–Trinajstić information content (AvgIpc) is 3.43. The van der Waals surface area contributed by atoms with Crippen molar-refractivity contribution in [3.8, 4) is 11.3 Å². The monoisotopic (exact) mass is 462 g/mol. The van der Waals surface area contributed by atoms with Crippen molar-refractivity contribution >= 4 is 34.9 Å². The number of anilines is 3. The number of aromatic nitrogens is 2. The first-order valence-electron chi connectivity index (χ1n) is 11.0. The van der Waals surface area contributed by atoms with Gasteiger partial charge in [0.2, 0.25) is 5.91 Å². The SMILES string of the molecule is CC1(C(=O)O)CC(=O)c2c([nH]c(-c3ccnc(NC(=O)C4CC4F)c3)c2Nc2ccccc2)C1. The summed E-state index contributed by atoms with van der Waals surface area (Å²) in [5.41, 5.74) is 2.26. The molecule has 3 aromatic rings. The molecular formula is C25H23FN4O4. The fraction of sp³-hybridized carbons (Fsp3) is 0.280. The zero-order valence-corrected chi connectivity index (χ0v) is 18.4. The number of benzene rings is 1. The fourth-order valence-electron chi connectivity index (χ4n) is 4.35. The predicted molar refractivity (Wildman–Crippen MR) is 124 cm³/mol. The summed E-state index contributed by atoms with van der Waals surface area (Å²) in [6.45, 7) is 1.57. The predicted octanol–water partition coefficient (Wildman–Crippen LogP) is 4.34. The second-order valence-electron chi connectivity index (χ2n) is 9.14. The van der Waals surface area contributed by atoms with Gasteiger partial charge in [0.1, 0.15) is 12.0 Å². The molecule has 4 N–H and O–H groups in total. The van der Waals surface area contributed by atoms with Crippen molar-refractivity contribution in [2.24, 2.45) is 11.3 Å². The quantitative estimate of drug-likeness (QED) is 0.432. The first-order valence-corrected chi connectivity index (χ1v) is 11.0. The summed E-state index contributed by atoms with van der Waals surface area (Å²) in [5.74, 6) is -2.10. The maximum atomic E-state index is 13.3. The van der Waals surface area contributed by atoms with Gasteiger partial charge in [0.25, 0.3) is 0 Å². The Morgan fingerprint density at radius 2 is 1.94 bits per heavy atom. The molecule has 0 spiro atoms. The van der Waals surface area contributed by atoms with E-state index < -0.39 is 29.4 Å². The third-order valence-corrected chi connectivity index (χ3v) is 6.38. The maximum absolute atomic E-state index is 13.3. The van der Waals surface area contributed by atoms with Crippen LogP contribution in [-0.4, -0.2) is 38.9 Å². The van der Waals surface area contributed by atoms with Crippen LogP contribution in [0.15, 0.2) is 48.7 Å². The van der Waals surface area contributed by atoms with E-state index in [0.717, 1.165) is 5.69 Å². The van der Waals surface area contributed by atoms with Crippen molar-refractivity contribution in [3.63, 3.8) is 0 Å². The van der Waals surface area contributed by atoms with E-state index in [1.165, 1.54) is 6.20 Å². The number of amides is 1. The first kappa shape index (κ1) is 21.8. The third-order valence-electron chi connectivity index (χ3n) is 6.38. The molecule has 0 aliphatic heterocycles. The number of carbonyl (C=O) groups is 3. The van der Waals surface area contributed by atoms with Gasteiger partial charge in [0, 0.05) is 36.0 Å². The van der Waals surface area contributed by atoms with Crippen LogP contribution in [0.2, 0.25) is 0 Å². The summed E-state index contributed by atoms with van der Waals surface area (Å²) in [5, 5.41) is 15.6. The van der Waals surface area contributed by atoms with Gasteiger partial charge in [-0.3, -0.25) is 14.4 Å². The van der Waals surface area contributed by atoms with Crippen LogP contribution >= 0.6 is 0 Å². The number of para-hydroxylation sites is 1. The van der Waals surface area contributed by atoms with Crippen LogP contribution in [0.1, 0.15) is 35.8 Å². The number of ketones is 1. The molecule has 2 aliphatic carbocycles. The largest absolute Gasteiger partial charge is 0.481 e. The maximum Gasteiger partial charge on any atom is 0.310 e. The molecule has 0 bridgehead atoms. The molecule has 0 radical (unpaired) electrons. The lowest BCUT2D eigenvalue weighted by Gasteiger charge is -2.28. The molecule has 1 aromatic carbocycles. The van der Waals surface area contributed by atoms with Gasteiger partial charge in [-0.25, -0.2) is 9.37 Å². The first-order chi connectivity index (χ1) is 16.2. The van der Waals surface area contributed by atoms with E-state index in [-0.39, 0.29) is 30.9 Å². The van der Waals surface area contributed by atoms with E-state index >= 15 is 0 Å². The normalized spacial score (nSPS) is 23.2. The number of alkyl halides is 1. The van der Waals surface area contributed by atoms with Crippen molar-refractivity contribution in [2.45, 2.75) is 32.4 Å². The minimum Gasteiger partial charge on any atom is -0.481 e. The summed E-state index contributed by atoms with van der Waals surface area (Å²) < 4.78 is 13.3. The number of carboxylic acid groups (broad SMARTS) is 1. The van der Waals surface area contributed by atoms with Crippen LogP contribution < -0.4 is 10.6 Å². The van der Waals surface area contributed by atoms with Gasteiger partial charge in [0.05, 0.1) is 28.3 Å². The van der Waals surface area contributed by atoms with Crippen LogP contribution in [0.4, 0.5) is 21.6 Å². The highest BCUT2D eigenvalue weighted by Crippen LogP contribution is 2.44. The number of carbonyl (C=O) groups excluding carboxylic acids is 2. The number of nitrogens with one attached hydrogen (secondary N) is 3. The lowest BCUT2D eigenvalue weighted by molar-refractivity contribution is -0.148. The number of hydrogen-bond donors (Lipinski definition) is 4. The molecule has 0 saturated heterocycles. The van der Waals surface area contributed by atoms with Gasteiger partial charge < -0.3 is 20.7 Å². The number of rotatable bonds is 6. The molecule has 9 heteroatoms. The minimum absolute atomic E-state index is 0.112. The summed E-state index contributed by atoms with van der Waals surface area (Å²) >= 11 is 0. The van der Waals surface area contributed by atoms with E-state index in [1.807, 2.05) is 30.3 Å². The molecule has 1 saturated carbocycles. The van der Waals surface area contributed by atoms with E-state index in [9.17, 15) is 23.9 Å². The molecule has 8 nitrogen and oxygen atoms in total. The molecule has 3 unspecified atom stereocenters. The number of carboxylic acids is 1. The molecule has 1 fully saturated rings. The number of pyridine rings is 1. The van der Waals surface area contributed by atoms with Crippen LogP contribution in [0.5, 0.6) is 0 Å². The summed E-state index contributed by atoms with van der Waals surface area (Å²) in [6.07, 6.45) is 0.667. The minimum atomic E-state index is -1.21. The molecule has 5 rings (SSSR count). The van der Waals surface area contributed by atoms with Crippen molar-refractivity contribution in [2.75, 3.05) is 10.6 Å². The lowest BCUT2D eigenvalue weighted by atomic mass is 9.74. The molecule has 2 heterocycles. The summed E-state index contributed by atoms with van der Waals surface area (Å²) in [4.78, 5) is 44.6. The molecule has 174 valence electrons. The molecule has 3 atom stereocenters. The standard InChI is InChI=1S/C25H23FN4O4/c1-25(24(33)34)11-17-20(18(31)12-25)22(28-14-5-3-2-4-6-14)21(29-17)13-7-8-27-19(9-13)30-23(32)15-10-16(15)26/h2-9,15-16,28-29H,10-12H2,1H3,(H,33,34)(H,27,30,32). The smallest absolute Gasteiger partial charge is 0.310 e. The van der Waals surface area contributed by atoms with E-state index in [4.69, 9.17) is 0 Å². The number of fused-ring (bicyclic) bond motifs is 1. The van der Waals surface area contributed by atoms with Crippen molar-refractivity contribution in [1.82, 2.24) is 9.97 Å². The number of halogens is 1. The van der Waals surface area contributed by atoms with E-state index in [1.54, 1.807) is 19.1 Å². The Hall–Kier alpha value is -4.01. The second-order valence-corrected chi connectivity index (χ2v) is 9.14. The van der Waals surface area contributed by atoms with Gasteiger partial charge in [-0.2, -0.15) is 0 Å². The molecule has 2 aromatic heterocycles. The summed E-state index contributed by atoms with van der Waals surface area (Å²) in [7, 11) is 0. The van der Waals surface area contributed by atoms with Gasteiger partial charge >= 0.3 is 5.97 Å². The van der Waals surface area contributed by atoms with Crippen LogP contribution in [0.3, 0.4) is 0 Å². The molecular weight excluding hydrogens is 439 g/mol. The van der Waals surface area contributed by atoms with Gasteiger partial charge in [-0.1, -0.05) is 18.2 Å². The highest BCUT2D eigenvalue weighted by Gasteiger charge is 2.44. The van der Waals surface area contributed by atoms with E-state index in [2.05, 4.69) is 20.6 Å². The van der Waals surface area contributed by atoms with Crippen LogP contribution in [0.25, 0.3) is 11.3 Å². The van der Waals surface area contributed by atoms with Crippen molar-refractivity contribution in [1.29, 1.82) is 0 Å². The highest BCUT2D eigenvalue weighted by atomic mass is 19.1.